The van der Waals surface area contributed by atoms with E-state index in [9.17, 15) is 75.8 Å². The molecule has 2 N–H and O–H groups in total. The summed E-state index contributed by atoms with van der Waals surface area (Å²) in [7, 11) is 0. The molecule has 6 rings (SSSR count). The molecule has 2 fully saturated rings. The van der Waals surface area contributed by atoms with Crippen molar-refractivity contribution in [3.8, 4) is 0 Å². The van der Waals surface area contributed by atoms with Crippen LogP contribution in [0.1, 0.15) is 70.6 Å². The molecule has 0 aromatic heterocycles. The molecule has 5 amide bonds. The molecule has 0 unspecified atom stereocenters. The van der Waals surface area contributed by atoms with E-state index in [1.807, 2.05) is 0 Å². The van der Waals surface area contributed by atoms with Crippen LogP contribution in [0.5, 0.6) is 0 Å². The van der Waals surface area contributed by atoms with Crippen LogP contribution in [0.15, 0.2) is 97.1 Å². The van der Waals surface area contributed by atoms with E-state index in [0.29, 0.717) is 41.8 Å². The van der Waals surface area contributed by atoms with Gasteiger partial charge < -0.3 is 20.1 Å². The quantitative estimate of drug-likeness (QED) is 0.0837. The van der Waals surface area contributed by atoms with Crippen LogP contribution in [0, 0.1) is 0 Å². The molecule has 0 aliphatic carbocycles. The molecule has 352 valence electrons. The third kappa shape index (κ3) is 11.8. The molecule has 4 atom stereocenters. The molecule has 2 aliphatic heterocycles. The molecule has 4 aromatic rings. The first-order chi connectivity index (χ1) is 30.1. The van der Waals surface area contributed by atoms with Gasteiger partial charge in [0.15, 0.2) is 0 Å². The van der Waals surface area contributed by atoms with Crippen molar-refractivity contribution >= 4 is 18.5 Å². The maximum Gasteiger partial charge on any atom is 0.416 e. The van der Waals surface area contributed by atoms with Crippen LogP contribution < -0.4 is 10.6 Å². The van der Waals surface area contributed by atoms with Crippen LogP contribution in [-0.4, -0.2) is 61.1 Å². The van der Waals surface area contributed by atoms with Gasteiger partial charge in [-0.25, -0.2) is 9.59 Å². The summed E-state index contributed by atoms with van der Waals surface area (Å²) in [4.78, 5) is 36.5. The number of urea groups is 2. The molecule has 0 saturated carbocycles. The predicted octanol–water partition coefficient (Wildman–Crippen LogP) is 10.8. The number of halogens is 14. The Bertz CT molecular complexity index is 2250. The SMILES string of the molecule is C[C@@H](OC[C@@]1(c2ccccc2)CN(C(F)F)C(=O)N1)c1cc(C(F)(F)F)cc(C(F)(F)F)c1.C[C@@H](OC[C@@]1(c2ccccc2)CN(C=O)C(=O)N1)c1cc(C(F)(F)F)cc(C(F)(F)F)c1. The highest BCUT2D eigenvalue weighted by Crippen LogP contribution is 2.41. The minimum atomic E-state index is -5.03. The zero-order valence-corrected chi connectivity index (χ0v) is 33.6. The van der Waals surface area contributed by atoms with Gasteiger partial charge in [0.05, 0.1) is 60.8 Å². The Morgan fingerprint density at radius 1 is 0.569 bits per heavy atom. The van der Waals surface area contributed by atoms with Gasteiger partial charge in [-0.05, 0) is 72.5 Å². The normalized spacial score (nSPS) is 20.3. The fraction of sp³-hybridized carbons (Fsp3) is 0.357. The molecule has 2 heterocycles. The molecule has 2 aliphatic rings. The Hall–Kier alpha value is -5.97. The van der Waals surface area contributed by atoms with Crippen molar-refractivity contribution in [2.45, 2.75) is 68.4 Å². The summed E-state index contributed by atoms with van der Waals surface area (Å²) in [5, 5.41) is 5.05. The lowest BCUT2D eigenvalue weighted by Crippen LogP contribution is -2.45. The minimum Gasteiger partial charge on any atom is -0.371 e. The number of hydrogen-bond donors (Lipinski definition) is 2. The maximum atomic E-state index is 13.2. The number of carbonyl (C=O) groups excluding carboxylic acids is 3. The van der Waals surface area contributed by atoms with Crippen LogP contribution in [0.2, 0.25) is 0 Å². The van der Waals surface area contributed by atoms with Crippen molar-refractivity contribution in [2.75, 3.05) is 26.3 Å². The number of amides is 5. The highest BCUT2D eigenvalue weighted by molar-refractivity contribution is 5.88. The lowest BCUT2D eigenvalue weighted by Gasteiger charge is -2.30. The summed E-state index contributed by atoms with van der Waals surface area (Å²) in [6.07, 6.45) is -22.2. The van der Waals surface area contributed by atoms with Gasteiger partial charge in [0.2, 0.25) is 6.41 Å². The van der Waals surface area contributed by atoms with Gasteiger partial charge in [-0.1, -0.05) is 60.7 Å². The minimum absolute atomic E-state index is 0.000608. The third-order valence-electron chi connectivity index (χ3n) is 10.4. The van der Waals surface area contributed by atoms with E-state index in [2.05, 4.69) is 10.6 Å². The summed E-state index contributed by atoms with van der Waals surface area (Å²) in [5.41, 5.74) is -8.40. The maximum absolute atomic E-state index is 13.2. The number of carbonyl (C=O) groups is 3. The fourth-order valence-electron chi connectivity index (χ4n) is 6.93. The van der Waals surface area contributed by atoms with Crippen molar-refractivity contribution in [1.29, 1.82) is 0 Å². The number of nitrogens with zero attached hydrogens (tertiary/aromatic N) is 2. The molecule has 65 heavy (non-hydrogen) atoms. The van der Waals surface area contributed by atoms with Crippen molar-refractivity contribution in [2.24, 2.45) is 0 Å². The van der Waals surface area contributed by atoms with Gasteiger partial charge in [-0.2, -0.15) is 61.5 Å². The van der Waals surface area contributed by atoms with Crippen molar-refractivity contribution in [3.63, 3.8) is 0 Å². The Morgan fingerprint density at radius 3 is 1.20 bits per heavy atom. The zero-order valence-electron chi connectivity index (χ0n) is 33.6. The van der Waals surface area contributed by atoms with Crippen LogP contribution >= 0.6 is 0 Å². The molecule has 0 radical (unpaired) electrons. The van der Waals surface area contributed by atoms with Crippen LogP contribution in [-0.2, 0) is 50.1 Å². The second-order valence-electron chi connectivity index (χ2n) is 15.0. The summed E-state index contributed by atoms with van der Waals surface area (Å²) in [6, 6.07) is 16.8. The van der Waals surface area contributed by atoms with Gasteiger partial charge >= 0.3 is 43.3 Å². The molecular formula is C42H36F14N4O5. The van der Waals surface area contributed by atoms with E-state index in [0.717, 1.165) is 4.90 Å². The fourth-order valence-corrected chi connectivity index (χ4v) is 6.93. The van der Waals surface area contributed by atoms with Crippen molar-refractivity contribution in [3.05, 3.63) is 142 Å². The average Bonchev–Trinajstić information content (AvgIpc) is 3.78. The Labute approximate surface area is 360 Å². The van der Waals surface area contributed by atoms with Gasteiger partial charge in [0, 0.05) is 0 Å². The first-order valence-corrected chi connectivity index (χ1v) is 18.9. The van der Waals surface area contributed by atoms with E-state index >= 15 is 0 Å². The van der Waals surface area contributed by atoms with E-state index in [1.54, 1.807) is 48.5 Å². The average molecular weight is 943 g/mol. The van der Waals surface area contributed by atoms with Gasteiger partial charge in [-0.15, -0.1) is 0 Å². The standard InChI is InChI=1S/C21H18F8N2O2.C21H18F6N2O3/c1-12(13-7-15(20(24,25)26)9-16(8-13)21(27,28)29)33-11-19(14-5-3-2-4-6-14)10-31(17(22)23)18(32)30-19;1-13(14-7-16(20(22,23)24)9-17(8-14)21(25,26)27)32-11-19(15-5-3-2-4-6-15)10-29(12-30)18(31)28-19/h2-9,12,17H,10-11H2,1H3,(H,30,32);2-9,12-13H,10-11H2,1H3,(H,28,31)/t12-,19-;13-,19-/m11/s1. The topological polar surface area (TPSA) is 100 Å². The second-order valence-corrected chi connectivity index (χ2v) is 15.0. The Balaban J connectivity index is 0.000000244. The van der Waals surface area contributed by atoms with E-state index < -0.39 is 108 Å². The number of benzene rings is 4. The number of hydrogen-bond acceptors (Lipinski definition) is 5. The van der Waals surface area contributed by atoms with Gasteiger partial charge in [0.25, 0.3) is 0 Å². The first-order valence-electron chi connectivity index (χ1n) is 18.9. The Morgan fingerprint density at radius 2 is 0.908 bits per heavy atom. The molecule has 0 spiro atoms. The molecule has 23 heteroatoms. The Kier molecular flexibility index (Phi) is 14.5. The summed E-state index contributed by atoms with van der Waals surface area (Å²) in [6.45, 7) is -2.00. The van der Waals surface area contributed by atoms with Crippen LogP contribution in [0.3, 0.4) is 0 Å². The highest BCUT2D eigenvalue weighted by Gasteiger charge is 2.48. The lowest BCUT2D eigenvalue weighted by molar-refractivity contribution is -0.144. The van der Waals surface area contributed by atoms with Gasteiger partial charge in [0.1, 0.15) is 11.1 Å². The second kappa shape index (κ2) is 18.9. The van der Waals surface area contributed by atoms with Gasteiger partial charge in [-0.3, -0.25) is 14.6 Å². The molecule has 2 saturated heterocycles. The van der Waals surface area contributed by atoms with Crippen molar-refractivity contribution in [1.82, 2.24) is 20.4 Å². The monoisotopic (exact) mass is 942 g/mol. The number of alkyl halides is 14. The predicted molar refractivity (Wildman–Crippen MR) is 200 cm³/mol. The van der Waals surface area contributed by atoms with Crippen molar-refractivity contribution < 1.29 is 85.3 Å². The number of imide groups is 1. The zero-order chi connectivity index (χ0) is 48.3. The van der Waals surface area contributed by atoms with Crippen LogP contribution in [0.25, 0.3) is 0 Å². The summed E-state index contributed by atoms with van der Waals surface area (Å²) in [5.74, 6) is 0. The number of ether oxygens (including phenoxy) is 2. The van der Waals surface area contributed by atoms with E-state index in [-0.39, 0.29) is 35.7 Å². The molecule has 9 nitrogen and oxygen atoms in total. The summed E-state index contributed by atoms with van der Waals surface area (Å²) < 4.78 is 195. The van der Waals surface area contributed by atoms with Crippen LogP contribution in [0.4, 0.5) is 71.1 Å². The molecular weight excluding hydrogens is 906 g/mol. The smallest absolute Gasteiger partial charge is 0.371 e. The molecule has 0 bridgehead atoms. The number of rotatable bonds is 12. The third-order valence-corrected chi connectivity index (χ3v) is 10.4. The highest BCUT2D eigenvalue weighted by atomic mass is 19.4. The van der Waals surface area contributed by atoms with E-state index in [4.69, 9.17) is 9.47 Å². The lowest BCUT2D eigenvalue weighted by atomic mass is 9.91. The summed E-state index contributed by atoms with van der Waals surface area (Å²) >= 11 is 0. The first kappa shape index (κ1) is 50.0. The largest absolute Gasteiger partial charge is 0.416 e. The van der Waals surface area contributed by atoms with E-state index in [1.165, 1.54) is 26.0 Å². The number of nitrogens with one attached hydrogen (secondary N) is 2. The molecule has 4 aromatic carbocycles.